The fourth-order valence-corrected chi connectivity index (χ4v) is 3.76. The summed E-state index contributed by atoms with van der Waals surface area (Å²) in [7, 11) is 0. The lowest BCUT2D eigenvalue weighted by Crippen LogP contribution is -2.29. The number of fused-ring (bicyclic) bond motifs is 1. The average Bonchev–Trinajstić information content (AvgIpc) is 2.88. The van der Waals surface area contributed by atoms with E-state index in [4.69, 9.17) is 10.8 Å². The highest BCUT2D eigenvalue weighted by atomic mass is 16.4. The molecule has 182 valence electrons. The Bertz CT molecular complexity index is 1410. The second-order valence-corrected chi connectivity index (χ2v) is 8.05. The van der Waals surface area contributed by atoms with Crippen molar-refractivity contribution in [3.8, 4) is 11.1 Å². The van der Waals surface area contributed by atoms with Gasteiger partial charge in [0, 0.05) is 35.9 Å². The fraction of sp³-hybridized carbons (Fsp3) is 0.111. The van der Waals surface area contributed by atoms with Crippen LogP contribution in [0.25, 0.3) is 22.0 Å². The van der Waals surface area contributed by atoms with E-state index in [1.54, 1.807) is 12.1 Å². The second-order valence-electron chi connectivity index (χ2n) is 8.05. The number of amides is 3. The highest BCUT2D eigenvalue weighted by Crippen LogP contribution is 2.32. The van der Waals surface area contributed by atoms with Crippen LogP contribution in [-0.2, 0) is 0 Å². The lowest BCUT2D eigenvalue weighted by Gasteiger charge is -2.14. The van der Waals surface area contributed by atoms with Gasteiger partial charge >= 0.3 is 6.09 Å². The number of nitrogens with zero attached hydrogens (tertiary/aromatic N) is 1. The summed E-state index contributed by atoms with van der Waals surface area (Å²) >= 11 is 0. The van der Waals surface area contributed by atoms with Gasteiger partial charge in [0.1, 0.15) is 0 Å². The molecule has 4 aromatic rings. The Morgan fingerprint density at radius 1 is 0.861 bits per heavy atom. The summed E-state index contributed by atoms with van der Waals surface area (Å²) in [6.45, 7) is 0.627. The van der Waals surface area contributed by atoms with Crippen molar-refractivity contribution < 1.29 is 19.5 Å². The Hall–Kier alpha value is -4.92. The summed E-state index contributed by atoms with van der Waals surface area (Å²) < 4.78 is 0. The van der Waals surface area contributed by atoms with Crippen molar-refractivity contribution in [3.05, 3.63) is 90.1 Å². The minimum Gasteiger partial charge on any atom is -0.465 e. The van der Waals surface area contributed by atoms with Crippen LogP contribution in [0.4, 0.5) is 16.2 Å². The number of nitrogens with two attached hydrogens (primary N) is 1. The van der Waals surface area contributed by atoms with Gasteiger partial charge in [0.05, 0.1) is 16.8 Å². The maximum atomic E-state index is 12.4. The maximum absolute atomic E-state index is 12.4. The van der Waals surface area contributed by atoms with Crippen LogP contribution >= 0.6 is 0 Å². The Morgan fingerprint density at radius 2 is 1.56 bits per heavy atom. The van der Waals surface area contributed by atoms with E-state index >= 15 is 0 Å². The second kappa shape index (κ2) is 11.0. The molecule has 0 radical (unpaired) electrons. The number of carbonyl (C=O) groups is 3. The van der Waals surface area contributed by atoms with Crippen molar-refractivity contribution in [1.29, 1.82) is 0 Å². The van der Waals surface area contributed by atoms with E-state index in [0.29, 0.717) is 29.7 Å². The highest BCUT2D eigenvalue weighted by molar-refractivity contribution is 6.08. The van der Waals surface area contributed by atoms with Gasteiger partial charge in [-0.25, -0.2) is 4.79 Å². The van der Waals surface area contributed by atoms with Crippen molar-refractivity contribution in [2.75, 3.05) is 18.4 Å². The van der Waals surface area contributed by atoms with Crippen molar-refractivity contribution >= 4 is 40.2 Å². The first-order chi connectivity index (χ1) is 17.4. The first-order valence-corrected chi connectivity index (χ1v) is 11.3. The van der Waals surface area contributed by atoms with Crippen LogP contribution in [0.1, 0.15) is 27.1 Å². The monoisotopic (exact) mass is 483 g/mol. The zero-order chi connectivity index (χ0) is 25.5. The van der Waals surface area contributed by atoms with Gasteiger partial charge in [-0.15, -0.1) is 0 Å². The molecule has 6 N–H and O–H groups in total. The molecule has 36 heavy (non-hydrogen) atoms. The molecule has 1 aromatic heterocycles. The van der Waals surface area contributed by atoms with Gasteiger partial charge in [-0.05, 0) is 53.9 Å². The lowest BCUT2D eigenvalue weighted by molar-refractivity contribution is 0.0952. The number of rotatable bonds is 9. The molecule has 0 unspecified atom stereocenters. The van der Waals surface area contributed by atoms with Gasteiger partial charge in [0.25, 0.3) is 11.8 Å². The first kappa shape index (κ1) is 24.2. The predicted octanol–water partition coefficient (Wildman–Crippen LogP) is 4.13. The number of benzene rings is 3. The number of aromatic nitrogens is 1. The summed E-state index contributed by atoms with van der Waals surface area (Å²) in [5.41, 5.74) is 10.3. The Balaban J connectivity index is 1.57. The minimum absolute atomic E-state index is 0.236. The van der Waals surface area contributed by atoms with Gasteiger partial charge < -0.3 is 26.8 Å². The van der Waals surface area contributed by atoms with E-state index < -0.39 is 12.0 Å². The van der Waals surface area contributed by atoms with E-state index in [-0.39, 0.29) is 18.0 Å². The van der Waals surface area contributed by atoms with Crippen molar-refractivity contribution in [2.24, 2.45) is 5.73 Å². The molecule has 1 heterocycles. The van der Waals surface area contributed by atoms with E-state index in [0.717, 1.165) is 22.2 Å². The smallest absolute Gasteiger partial charge is 0.404 e. The molecule has 0 bridgehead atoms. The molecule has 0 fully saturated rings. The number of hydrogen-bond acceptors (Lipinski definition) is 5. The summed E-state index contributed by atoms with van der Waals surface area (Å²) in [5.74, 6) is -0.817. The minimum atomic E-state index is -1.09. The number of primary amides is 1. The van der Waals surface area contributed by atoms with Gasteiger partial charge in [-0.2, -0.15) is 0 Å². The molecular formula is C27H25N5O4. The predicted molar refractivity (Wildman–Crippen MR) is 138 cm³/mol. The molecule has 3 amide bonds. The van der Waals surface area contributed by atoms with Crippen LogP contribution in [-0.4, -0.2) is 41.1 Å². The lowest BCUT2D eigenvalue weighted by atomic mass is 9.99. The average molecular weight is 484 g/mol. The zero-order valence-electron chi connectivity index (χ0n) is 19.3. The molecule has 0 saturated carbocycles. The third-order valence-corrected chi connectivity index (χ3v) is 5.57. The number of hydrogen-bond donors (Lipinski definition) is 5. The molecule has 0 atom stereocenters. The number of para-hydroxylation sites is 1. The molecule has 0 saturated heterocycles. The van der Waals surface area contributed by atoms with Crippen molar-refractivity contribution in [2.45, 2.75) is 6.42 Å². The van der Waals surface area contributed by atoms with Gasteiger partial charge in [0.15, 0.2) is 0 Å². The third-order valence-electron chi connectivity index (χ3n) is 5.57. The molecular weight excluding hydrogens is 458 g/mol. The quantitative estimate of drug-likeness (QED) is 0.226. The molecule has 9 nitrogen and oxygen atoms in total. The molecule has 0 aliphatic rings. The van der Waals surface area contributed by atoms with E-state index in [9.17, 15) is 14.4 Å². The summed E-state index contributed by atoms with van der Waals surface area (Å²) in [5, 5.41) is 17.6. The first-order valence-electron chi connectivity index (χ1n) is 11.3. The Kier molecular flexibility index (Phi) is 7.40. The Morgan fingerprint density at radius 3 is 2.25 bits per heavy atom. The van der Waals surface area contributed by atoms with E-state index in [2.05, 4.69) is 20.9 Å². The molecule has 0 aliphatic heterocycles. The van der Waals surface area contributed by atoms with E-state index in [1.807, 2.05) is 60.7 Å². The summed E-state index contributed by atoms with van der Waals surface area (Å²) in [4.78, 5) is 39.4. The van der Waals surface area contributed by atoms with Crippen LogP contribution < -0.4 is 21.7 Å². The third kappa shape index (κ3) is 5.76. The number of carboxylic acid groups (broad SMARTS) is 1. The number of pyridine rings is 1. The number of anilines is 2. The molecule has 9 heteroatoms. The standard InChI is InChI=1S/C27H25N5O4/c28-25(33)22-16-31-23-12-11-19(15-21(23)24(22)32-20-5-2-1-3-6-20)17-7-9-18(10-8-17)26(34)29-13-4-14-30-27(35)36/h1-3,5-12,15-16,30H,4,13-14H2,(H2,28,33)(H,29,34)(H,31,32)(H,35,36). The molecule has 4 rings (SSSR count). The molecule has 0 spiro atoms. The van der Waals surface area contributed by atoms with Crippen molar-refractivity contribution in [3.63, 3.8) is 0 Å². The number of nitrogens with one attached hydrogen (secondary N) is 3. The van der Waals surface area contributed by atoms with Crippen LogP contribution in [0.3, 0.4) is 0 Å². The normalized spacial score (nSPS) is 10.6. The van der Waals surface area contributed by atoms with Crippen LogP contribution in [0.2, 0.25) is 0 Å². The maximum Gasteiger partial charge on any atom is 0.404 e. The topological polar surface area (TPSA) is 146 Å². The highest BCUT2D eigenvalue weighted by Gasteiger charge is 2.15. The largest absolute Gasteiger partial charge is 0.465 e. The van der Waals surface area contributed by atoms with Crippen LogP contribution in [0, 0.1) is 0 Å². The van der Waals surface area contributed by atoms with Gasteiger partial charge in [-0.3, -0.25) is 14.6 Å². The summed E-state index contributed by atoms with van der Waals surface area (Å²) in [6, 6.07) is 22.4. The van der Waals surface area contributed by atoms with Gasteiger partial charge in [0.2, 0.25) is 0 Å². The Labute approximate surface area is 207 Å². The fourth-order valence-electron chi connectivity index (χ4n) is 3.76. The SMILES string of the molecule is NC(=O)c1cnc2ccc(-c3ccc(C(=O)NCCCNC(=O)O)cc3)cc2c1Nc1ccccc1. The van der Waals surface area contributed by atoms with E-state index in [1.165, 1.54) is 6.20 Å². The van der Waals surface area contributed by atoms with Crippen LogP contribution in [0.15, 0.2) is 79.0 Å². The van der Waals surface area contributed by atoms with Crippen molar-refractivity contribution in [1.82, 2.24) is 15.6 Å². The summed E-state index contributed by atoms with van der Waals surface area (Å²) in [6.07, 6.45) is 0.879. The van der Waals surface area contributed by atoms with Gasteiger partial charge in [-0.1, -0.05) is 36.4 Å². The molecule has 3 aromatic carbocycles. The van der Waals surface area contributed by atoms with Crippen LogP contribution in [0.5, 0.6) is 0 Å². The number of carbonyl (C=O) groups excluding carboxylic acids is 2. The zero-order valence-corrected chi connectivity index (χ0v) is 19.3. The molecule has 0 aliphatic carbocycles.